The molecule has 2 unspecified atom stereocenters. The second kappa shape index (κ2) is 7.54. The van der Waals surface area contributed by atoms with Crippen LogP contribution in [0, 0.1) is 5.92 Å². The number of hydrogen-bond acceptors (Lipinski definition) is 3. The molecular weight excluding hydrogens is 226 g/mol. The smallest absolute Gasteiger partial charge is 0.237 e. The third-order valence-corrected chi connectivity index (χ3v) is 3.62. The van der Waals surface area contributed by atoms with Gasteiger partial charge in [0.1, 0.15) is 0 Å². The van der Waals surface area contributed by atoms with Crippen molar-refractivity contribution in [1.82, 2.24) is 10.2 Å². The van der Waals surface area contributed by atoms with Crippen molar-refractivity contribution in [2.75, 3.05) is 19.6 Å². The molecule has 2 atom stereocenters. The molecule has 1 aliphatic heterocycles. The molecule has 18 heavy (non-hydrogen) atoms. The number of carbonyl (C=O) groups excluding carboxylic acids is 1. The molecule has 1 amide bonds. The number of hydrogen-bond donors (Lipinski definition) is 2. The molecule has 4 heteroatoms. The van der Waals surface area contributed by atoms with Gasteiger partial charge in [-0.05, 0) is 38.3 Å². The molecule has 0 bridgehead atoms. The zero-order chi connectivity index (χ0) is 13.5. The summed E-state index contributed by atoms with van der Waals surface area (Å²) in [6, 6.07) is -0.0405. The average Bonchev–Trinajstić information content (AvgIpc) is 2.82. The van der Waals surface area contributed by atoms with Crippen LogP contribution in [0.2, 0.25) is 0 Å². The lowest BCUT2D eigenvalue weighted by Crippen LogP contribution is -2.49. The summed E-state index contributed by atoms with van der Waals surface area (Å²) in [5.74, 6) is 0.471. The molecule has 4 nitrogen and oxygen atoms in total. The highest BCUT2D eigenvalue weighted by Crippen LogP contribution is 2.17. The highest BCUT2D eigenvalue weighted by atomic mass is 16.2. The summed E-state index contributed by atoms with van der Waals surface area (Å²) >= 11 is 0. The Bertz CT molecular complexity index is 272. The van der Waals surface area contributed by atoms with E-state index in [-0.39, 0.29) is 5.91 Å². The lowest BCUT2D eigenvalue weighted by atomic mass is 10.0. The van der Waals surface area contributed by atoms with E-state index in [1.165, 1.54) is 12.8 Å². The SMILES string of the molecule is C=CCC(N)C(=O)NCC(C(C)C)N1CCCC1. The second-order valence-corrected chi connectivity index (χ2v) is 5.43. The van der Waals surface area contributed by atoms with Gasteiger partial charge in [-0.2, -0.15) is 0 Å². The van der Waals surface area contributed by atoms with Crippen LogP contribution in [0.5, 0.6) is 0 Å². The molecule has 0 radical (unpaired) electrons. The topological polar surface area (TPSA) is 58.4 Å². The fraction of sp³-hybridized carbons (Fsp3) is 0.786. The molecule has 1 rings (SSSR count). The van der Waals surface area contributed by atoms with Gasteiger partial charge in [0.2, 0.25) is 5.91 Å². The Labute approximate surface area is 111 Å². The van der Waals surface area contributed by atoms with E-state index in [2.05, 4.69) is 30.6 Å². The zero-order valence-electron chi connectivity index (χ0n) is 11.7. The predicted molar refractivity (Wildman–Crippen MR) is 75.2 cm³/mol. The van der Waals surface area contributed by atoms with E-state index in [9.17, 15) is 4.79 Å². The molecule has 1 aliphatic rings. The minimum absolute atomic E-state index is 0.0697. The van der Waals surface area contributed by atoms with Crippen molar-refractivity contribution in [3.63, 3.8) is 0 Å². The van der Waals surface area contributed by atoms with Crippen LogP contribution in [0.25, 0.3) is 0 Å². The van der Waals surface area contributed by atoms with E-state index in [1.54, 1.807) is 6.08 Å². The standard InChI is InChI=1S/C14H27N3O/c1-4-7-12(15)14(18)16-10-13(11(2)3)17-8-5-6-9-17/h4,11-13H,1,5-10,15H2,2-3H3,(H,16,18). The van der Waals surface area contributed by atoms with Gasteiger partial charge in [0.05, 0.1) is 6.04 Å². The summed E-state index contributed by atoms with van der Waals surface area (Å²) in [5.41, 5.74) is 5.75. The number of carbonyl (C=O) groups is 1. The maximum Gasteiger partial charge on any atom is 0.237 e. The van der Waals surface area contributed by atoms with Gasteiger partial charge in [-0.25, -0.2) is 0 Å². The van der Waals surface area contributed by atoms with Gasteiger partial charge < -0.3 is 11.1 Å². The fourth-order valence-electron chi connectivity index (χ4n) is 2.48. The maximum atomic E-state index is 11.8. The molecule has 0 aromatic heterocycles. The zero-order valence-corrected chi connectivity index (χ0v) is 11.7. The quantitative estimate of drug-likeness (QED) is 0.669. The molecule has 0 spiro atoms. The van der Waals surface area contributed by atoms with Crippen molar-refractivity contribution < 1.29 is 4.79 Å². The molecular formula is C14H27N3O. The van der Waals surface area contributed by atoms with Crippen molar-refractivity contribution >= 4 is 5.91 Å². The Hall–Kier alpha value is -0.870. The van der Waals surface area contributed by atoms with Crippen LogP contribution in [0.4, 0.5) is 0 Å². The van der Waals surface area contributed by atoms with Gasteiger partial charge in [-0.15, -0.1) is 6.58 Å². The molecule has 1 fully saturated rings. The highest BCUT2D eigenvalue weighted by molar-refractivity contribution is 5.81. The van der Waals surface area contributed by atoms with Gasteiger partial charge >= 0.3 is 0 Å². The first kappa shape index (κ1) is 15.2. The Morgan fingerprint density at radius 3 is 2.56 bits per heavy atom. The highest BCUT2D eigenvalue weighted by Gasteiger charge is 2.25. The molecule has 104 valence electrons. The first-order valence-corrected chi connectivity index (χ1v) is 6.94. The van der Waals surface area contributed by atoms with Crippen molar-refractivity contribution in [3.8, 4) is 0 Å². The molecule has 0 aliphatic carbocycles. The number of nitrogens with zero attached hydrogens (tertiary/aromatic N) is 1. The third kappa shape index (κ3) is 4.42. The van der Waals surface area contributed by atoms with E-state index >= 15 is 0 Å². The lowest BCUT2D eigenvalue weighted by Gasteiger charge is -2.31. The van der Waals surface area contributed by atoms with E-state index in [0.29, 0.717) is 24.9 Å². The number of nitrogens with two attached hydrogens (primary N) is 1. The summed E-state index contributed by atoms with van der Waals surface area (Å²) in [7, 11) is 0. The fourth-order valence-corrected chi connectivity index (χ4v) is 2.48. The van der Waals surface area contributed by atoms with Crippen LogP contribution in [0.3, 0.4) is 0 Å². The van der Waals surface area contributed by atoms with Gasteiger partial charge in [0.25, 0.3) is 0 Å². The number of nitrogens with one attached hydrogen (secondary N) is 1. The first-order valence-electron chi connectivity index (χ1n) is 6.94. The minimum atomic E-state index is -0.464. The predicted octanol–water partition coefficient (Wildman–Crippen LogP) is 1.13. The number of amides is 1. The van der Waals surface area contributed by atoms with Crippen LogP contribution >= 0.6 is 0 Å². The molecule has 0 aromatic carbocycles. The first-order chi connectivity index (χ1) is 8.56. The van der Waals surface area contributed by atoms with Crippen LogP contribution in [0.15, 0.2) is 12.7 Å². The molecule has 0 saturated carbocycles. The summed E-state index contributed by atoms with van der Waals surface area (Å²) in [4.78, 5) is 14.2. The minimum Gasteiger partial charge on any atom is -0.353 e. The number of rotatable bonds is 7. The summed E-state index contributed by atoms with van der Waals surface area (Å²) in [6.07, 6.45) is 4.76. The second-order valence-electron chi connectivity index (χ2n) is 5.43. The van der Waals surface area contributed by atoms with Crippen molar-refractivity contribution in [2.45, 2.75) is 45.2 Å². The van der Waals surface area contributed by atoms with Crippen LogP contribution in [-0.4, -0.2) is 42.5 Å². The van der Waals surface area contributed by atoms with E-state index in [0.717, 1.165) is 13.1 Å². The number of likely N-dealkylation sites (tertiary alicyclic amines) is 1. The molecule has 1 heterocycles. The summed E-state index contributed by atoms with van der Waals surface area (Å²) in [5, 5.41) is 2.97. The van der Waals surface area contributed by atoms with Crippen molar-refractivity contribution in [3.05, 3.63) is 12.7 Å². The Morgan fingerprint density at radius 2 is 2.06 bits per heavy atom. The Morgan fingerprint density at radius 1 is 1.44 bits per heavy atom. The van der Waals surface area contributed by atoms with Crippen LogP contribution in [0.1, 0.15) is 33.1 Å². The van der Waals surface area contributed by atoms with Crippen molar-refractivity contribution in [1.29, 1.82) is 0 Å². The summed E-state index contributed by atoms with van der Waals surface area (Å²) in [6.45, 7) is 11.0. The Balaban J connectivity index is 2.42. The van der Waals surface area contributed by atoms with E-state index in [4.69, 9.17) is 5.73 Å². The third-order valence-electron chi connectivity index (χ3n) is 3.62. The van der Waals surface area contributed by atoms with Crippen LogP contribution < -0.4 is 11.1 Å². The van der Waals surface area contributed by atoms with Gasteiger partial charge in [0, 0.05) is 12.6 Å². The van der Waals surface area contributed by atoms with Crippen LogP contribution in [-0.2, 0) is 4.79 Å². The normalized spacial score (nSPS) is 19.8. The van der Waals surface area contributed by atoms with E-state index < -0.39 is 6.04 Å². The summed E-state index contributed by atoms with van der Waals surface area (Å²) < 4.78 is 0. The van der Waals surface area contributed by atoms with Crippen molar-refractivity contribution in [2.24, 2.45) is 11.7 Å². The van der Waals surface area contributed by atoms with Gasteiger partial charge in [-0.3, -0.25) is 9.69 Å². The largest absolute Gasteiger partial charge is 0.353 e. The lowest BCUT2D eigenvalue weighted by molar-refractivity contribution is -0.122. The average molecular weight is 253 g/mol. The molecule has 0 aromatic rings. The monoisotopic (exact) mass is 253 g/mol. The maximum absolute atomic E-state index is 11.8. The van der Waals surface area contributed by atoms with Gasteiger partial charge in [0.15, 0.2) is 0 Å². The molecule has 3 N–H and O–H groups in total. The van der Waals surface area contributed by atoms with Gasteiger partial charge in [-0.1, -0.05) is 19.9 Å². The van der Waals surface area contributed by atoms with E-state index in [1.807, 2.05) is 0 Å². The molecule has 1 saturated heterocycles. The Kier molecular flexibility index (Phi) is 6.36.